The van der Waals surface area contributed by atoms with Crippen molar-refractivity contribution in [2.24, 2.45) is 0 Å². The number of hydrogen-bond donors (Lipinski definition) is 4. The number of hydrazine groups is 1. The third-order valence-electron chi connectivity index (χ3n) is 3.09. The molecule has 0 aliphatic rings. The van der Waals surface area contributed by atoms with Gasteiger partial charge in [-0.2, -0.15) is 0 Å². The van der Waals surface area contributed by atoms with Crippen LogP contribution in [0.5, 0.6) is 0 Å². The van der Waals surface area contributed by atoms with Gasteiger partial charge in [0.1, 0.15) is 0 Å². The first kappa shape index (κ1) is 22.8. The third-order valence-corrected chi connectivity index (χ3v) is 3.30. The van der Waals surface area contributed by atoms with Gasteiger partial charge in [0, 0.05) is 29.8 Å². The Morgan fingerprint density at radius 1 is 1.04 bits per heavy atom. The fourth-order valence-corrected chi connectivity index (χ4v) is 2.01. The fourth-order valence-electron chi connectivity index (χ4n) is 1.86. The molecule has 1 rings (SSSR count). The lowest BCUT2D eigenvalue weighted by molar-refractivity contribution is -0.137. The number of carbonyl (C=O) groups excluding carboxylic acids is 4. The first-order chi connectivity index (χ1) is 13.3. The molecule has 0 atom stereocenters. The molecule has 0 spiro atoms. The molecule has 0 fully saturated rings. The van der Waals surface area contributed by atoms with Gasteiger partial charge in [-0.15, -0.1) is 0 Å². The molecule has 0 aliphatic heterocycles. The summed E-state index contributed by atoms with van der Waals surface area (Å²) >= 11 is 4.87. The maximum absolute atomic E-state index is 12.0. The Bertz CT molecular complexity index is 762. The zero-order valence-electron chi connectivity index (χ0n) is 15.5. The van der Waals surface area contributed by atoms with E-state index in [-0.39, 0.29) is 17.6 Å². The Hall–Kier alpha value is -3.27. The van der Waals surface area contributed by atoms with E-state index >= 15 is 0 Å². The highest BCUT2D eigenvalue weighted by molar-refractivity contribution is 7.80. The van der Waals surface area contributed by atoms with Gasteiger partial charge in [0.05, 0.1) is 6.61 Å². The first-order valence-electron chi connectivity index (χ1n) is 8.51. The van der Waals surface area contributed by atoms with Crippen LogP contribution in [0.1, 0.15) is 37.0 Å². The number of ether oxygens (including phenoxy) is 1. The Kier molecular flexibility index (Phi) is 9.90. The lowest BCUT2D eigenvalue weighted by atomic mass is 10.2. The largest absolute Gasteiger partial charge is 0.463 e. The average Bonchev–Trinajstić information content (AvgIpc) is 2.65. The van der Waals surface area contributed by atoms with E-state index in [4.69, 9.17) is 12.2 Å². The van der Waals surface area contributed by atoms with Gasteiger partial charge in [0.2, 0.25) is 11.8 Å². The fraction of sp³-hybridized carbons (Fsp3) is 0.278. The van der Waals surface area contributed by atoms with Crippen LogP contribution in [0.2, 0.25) is 0 Å². The second-order valence-corrected chi connectivity index (χ2v) is 5.77. The van der Waals surface area contributed by atoms with E-state index in [1.54, 1.807) is 19.1 Å². The van der Waals surface area contributed by atoms with Crippen molar-refractivity contribution < 1.29 is 23.9 Å². The highest BCUT2D eigenvalue weighted by Crippen LogP contribution is 2.10. The van der Waals surface area contributed by atoms with Crippen LogP contribution in [-0.4, -0.2) is 35.4 Å². The summed E-state index contributed by atoms with van der Waals surface area (Å²) in [5, 5.41) is 4.81. The van der Waals surface area contributed by atoms with Crippen molar-refractivity contribution in [1.82, 2.24) is 16.2 Å². The molecule has 0 saturated heterocycles. The second kappa shape index (κ2) is 12.2. The van der Waals surface area contributed by atoms with Crippen LogP contribution in [0.15, 0.2) is 36.4 Å². The van der Waals surface area contributed by atoms with Gasteiger partial charge < -0.3 is 10.1 Å². The molecule has 0 saturated carbocycles. The molecule has 9 nitrogen and oxygen atoms in total. The van der Waals surface area contributed by atoms with Crippen molar-refractivity contribution in [2.45, 2.75) is 26.7 Å². The van der Waals surface area contributed by atoms with Crippen molar-refractivity contribution in [1.29, 1.82) is 0 Å². The zero-order chi connectivity index (χ0) is 20.9. The highest BCUT2D eigenvalue weighted by Gasteiger charge is 2.08. The molecule has 1 aromatic rings. The van der Waals surface area contributed by atoms with Crippen LogP contribution in [0.3, 0.4) is 0 Å². The molecule has 0 heterocycles. The van der Waals surface area contributed by atoms with Gasteiger partial charge >= 0.3 is 5.97 Å². The summed E-state index contributed by atoms with van der Waals surface area (Å²) in [4.78, 5) is 46.3. The molecule has 4 N–H and O–H groups in total. The Balaban J connectivity index is 2.44. The summed E-state index contributed by atoms with van der Waals surface area (Å²) in [6, 6.07) is 6.26. The number of anilines is 1. The van der Waals surface area contributed by atoms with E-state index in [1.807, 2.05) is 6.92 Å². The summed E-state index contributed by atoms with van der Waals surface area (Å²) in [6.45, 7) is 3.75. The molecule has 10 heteroatoms. The molecule has 0 aromatic heterocycles. The van der Waals surface area contributed by atoms with E-state index in [0.717, 1.165) is 18.6 Å². The number of benzene rings is 1. The van der Waals surface area contributed by atoms with Gasteiger partial charge in [-0.1, -0.05) is 6.92 Å². The summed E-state index contributed by atoms with van der Waals surface area (Å²) in [6.07, 6.45) is 3.08. The van der Waals surface area contributed by atoms with Gasteiger partial charge in [0.15, 0.2) is 5.11 Å². The van der Waals surface area contributed by atoms with Crippen LogP contribution in [-0.2, 0) is 19.1 Å². The minimum absolute atomic E-state index is 0.0977. The lowest BCUT2D eigenvalue weighted by Crippen LogP contribution is -2.48. The molecule has 0 unspecified atom stereocenters. The Morgan fingerprint density at radius 3 is 2.32 bits per heavy atom. The number of carbonyl (C=O) groups is 4. The Labute approximate surface area is 167 Å². The van der Waals surface area contributed by atoms with Gasteiger partial charge in [0.25, 0.3) is 5.91 Å². The number of rotatable bonds is 7. The van der Waals surface area contributed by atoms with Crippen LogP contribution >= 0.6 is 12.2 Å². The zero-order valence-corrected chi connectivity index (χ0v) is 16.4. The van der Waals surface area contributed by atoms with E-state index in [9.17, 15) is 19.2 Å². The molecule has 3 amide bonds. The molecule has 0 radical (unpaired) electrons. The number of hydrogen-bond acceptors (Lipinski definition) is 6. The molecule has 1 aromatic carbocycles. The number of thiocarbonyl (C=S) groups is 1. The van der Waals surface area contributed by atoms with E-state index in [2.05, 4.69) is 26.2 Å². The van der Waals surface area contributed by atoms with Crippen LogP contribution in [0.4, 0.5) is 5.69 Å². The third kappa shape index (κ3) is 8.90. The van der Waals surface area contributed by atoms with Gasteiger partial charge in [-0.05, 0) is 49.8 Å². The SMILES string of the molecule is CCCC(=O)Nc1ccc(C(=O)NNC(=S)NC(=O)/C=C/C(=O)OCC)cc1. The lowest BCUT2D eigenvalue weighted by Gasteiger charge is -2.10. The topological polar surface area (TPSA) is 126 Å². The number of amides is 3. The monoisotopic (exact) mass is 406 g/mol. The minimum atomic E-state index is -0.660. The van der Waals surface area contributed by atoms with Crippen molar-refractivity contribution in [3.63, 3.8) is 0 Å². The maximum atomic E-state index is 12.0. The summed E-state index contributed by atoms with van der Waals surface area (Å²) in [5.41, 5.74) is 5.59. The summed E-state index contributed by atoms with van der Waals surface area (Å²) in [5.74, 6) is -1.91. The van der Waals surface area contributed by atoms with E-state index < -0.39 is 17.8 Å². The predicted octanol–water partition coefficient (Wildman–Crippen LogP) is 1.18. The van der Waals surface area contributed by atoms with Crippen molar-refractivity contribution in [2.75, 3.05) is 11.9 Å². The van der Waals surface area contributed by atoms with Crippen LogP contribution in [0, 0.1) is 0 Å². The summed E-state index contributed by atoms with van der Waals surface area (Å²) < 4.78 is 4.63. The van der Waals surface area contributed by atoms with Crippen LogP contribution < -0.4 is 21.5 Å². The van der Waals surface area contributed by atoms with Crippen molar-refractivity contribution >= 4 is 46.7 Å². The van der Waals surface area contributed by atoms with Crippen molar-refractivity contribution in [3.05, 3.63) is 42.0 Å². The van der Waals surface area contributed by atoms with Crippen molar-refractivity contribution in [3.8, 4) is 0 Å². The number of esters is 1. The molecule has 28 heavy (non-hydrogen) atoms. The second-order valence-electron chi connectivity index (χ2n) is 5.36. The first-order valence-corrected chi connectivity index (χ1v) is 8.92. The molecule has 150 valence electrons. The normalized spacial score (nSPS) is 10.1. The van der Waals surface area contributed by atoms with Gasteiger partial charge in [-0.3, -0.25) is 30.6 Å². The standard InChI is InChI=1S/C18H22N4O5S/c1-3-5-14(23)19-13-8-6-12(7-9-13)17(26)21-22-18(28)20-15(24)10-11-16(25)27-4-2/h6-11H,3-5H2,1-2H3,(H,19,23)(H,21,26)(H2,20,22,24,28)/b11-10+. The van der Waals surface area contributed by atoms with Gasteiger partial charge in [-0.25, -0.2) is 4.79 Å². The quantitative estimate of drug-likeness (QED) is 0.232. The van der Waals surface area contributed by atoms with E-state index in [0.29, 0.717) is 17.7 Å². The molecular formula is C18H22N4O5S. The highest BCUT2D eigenvalue weighted by atomic mass is 32.1. The Morgan fingerprint density at radius 2 is 1.71 bits per heavy atom. The smallest absolute Gasteiger partial charge is 0.330 e. The summed E-state index contributed by atoms with van der Waals surface area (Å²) in [7, 11) is 0. The maximum Gasteiger partial charge on any atom is 0.330 e. The van der Waals surface area contributed by atoms with Crippen LogP contribution in [0.25, 0.3) is 0 Å². The molecule has 0 aliphatic carbocycles. The predicted molar refractivity (Wildman–Crippen MR) is 107 cm³/mol. The number of nitrogens with one attached hydrogen (secondary N) is 4. The molecule has 0 bridgehead atoms. The van der Waals surface area contributed by atoms with E-state index in [1.165, 1.54) is 12.1 Å². The average molecular weight is 406 g/mol. The minimum Gasteiger partial charge on any atom is -0.463 e. The molecular weight excluding hydrogens is 384 g/mol.